The molecule has 0 spiro atoms. The smallest absolute Gasteiger partial charge is 0.244 e. The summed E-state index contributed by atoms with van der Waals surface area (Å²) in [7, 11) is -0.204. The molecule has 2 aromatic rings. The molecule has 2 rings (SSSR count). The molecule has 102 valence electrons. The maximum atomic E-state index is 12.0. The van der Waals surface area contributed by atoms with E-state index in [-0.39, 0.29) is 11.4 Å². The first-order chi connectivity index (χ1) is 9.01. The van der Waals surface area contributed by atoms with Crippen molar-refractivity contribution in [2.24, 2.45) is 7.05 Å². The molecule has 0 unspecified atom stereocenters. The molecule has 0 aliphatic heterocycles. The van der Waals surface area contributed by atoms with Crippen LogP contribution in [-0.4, -0.2) is 35.2 Å². The Morgan fingerprint density at radius 2 is 2.00 bits per heavy atom. The summed E-state index contributed by atoms with van der Waals surface area (Å²) < 4.78 is 28.0. The number of sulfonamides is 1. The predicted octanol–water partition coefficient (Wildman–Crippen LogP) is -0.270. The van der Waals surface area contributed by atoms with Gasteiger partial charge in [0.1, 0.15) is 4.90 Å². The summed E-state index contributed by atoms with van der Waals surface area (Å²) in [5.41, 5.74) is 0.638. The zero-order chi connectivity index (χ0) is 13.9. The van der Waals surface area contributed by atoms with Crippen molar-refractivity contribution in [1.82, 2.24) is 24.5 Å². The lowest BCUT2D eigenvalue weighted by Gasteiger charge is -2.05. The molecule has 0 aliphatic rings. The van der Waals surface area contributed by atoms with Crippen LogP contribution in [0.1, 0.15) is 5.69 Å². The molecule has 2 N–H and O–H groups in total. The van der Waals surface area contributed by atoms with Crippen LogP contribution in [0.2, 0.25) is 0 Å². The summed E-state index contributed by atoms with van der Waals surface area (Å²) in [4.78, 5) is 7.74. The van der Waals surface area contributed by atoms with Gasteiger partial charge in [0.05, 0.1) is 24.6 Å². The molecule has 9 heteroatoms. The second kappa shape index (κ2) is 5.33. The zero-order valence-electron chi connectivity index (χ0n) is 10.5. The van der Waals surface area contributed by atoms with Crippen LogP contribution < -0.4 is 10.0 Å². The minimum absolute atomic E-state index is 0.0161. The fraction of sp³-hybridized carbons (Fsp3) is 0.300. The quantitative estimate of drug-likeness (QED) is 0.782. The first kappa shape index (κ1) is 13.4. The van der Waals surface area contributed by atoms with Gasteiger partial charge in [0.15, 0.2) is 0 Å². The van der Waals surface area contributed by atoms with Gasteiger partial charge in [0.25, 0.3) is 0 Å². The molecule has 0 bridgehead atoms. The summed E-state index contributed by atoms with van der Waals surface area (Å²) in [6.07, 6.45) is 4.24. The molecular formula is C10H14N6O2S. The number of aromatic nitrogens is 4. The van der Waals surface area contributed by atoms with Crippen molar-refractivity contribution in [1.29, 1.82) is 0 Å². The Labute approximate surface area is 110 Å². The Hall–Kier alpha value is -2.00. The van der Waals surface area contributed by atoms with Gasteiger partial charge in [0.2, 0.25) is 16.0 Å². The first-order valence-electron chi connectivity index (χ1n) is 5.49. The minimum atomic E-state index is -3.63. The van der Waals surface area contributed by atoms with Gasteiger partial charge in [-0.3, -0.25) is 4.68 Å². The number of hydrogen-bond donors (Lipinski definition) is 2. The maximum Gasteiger partial charge on any atom is 0.244 e. The largest absolute Gasteiger partial charge is 0.357 e. The van der Waals surface area contributed by atoms with E-state index >= 15 is 0 Å². The highest BCUT2D eigenvalue weighted by Crippen LogP contribution is 2.07. The average molecular weight is 282 g/mol. The molecule has 0 amide bonds. The van der Waals surface area contributed by atoms with Crippen molar-refractivity contribution < 1.29 is 8.42 Å². The van der Waals surface area contributed by atoms with Crippen molar-refractivity contribution in [2.45, 2.75) is 11.4 Å². The summed E-state index contributed by atoms with van der Waals surface area (Å²) in [5, 5.41) is 6.80. The van der Waals surface area contributed by atoms with E-state index in [9.17, 15) is 8.42 Å². The number of nitrogens with zero attached hydrogens (tertiary/aromatic N) is 4. The second-order valence-electron chi connectivity index (χ2n) is 3.80. The van der Waals surface area contributed by atoms with Gasteiger partial charge < -0.3 is 5.32 Å². The van der Waals surface area contributed by atoms with Crippen LogP contribution in [0, 0.1) is 0 Å². The van der Waals surface area contributed by atoms with Crippen LogP contribution in [0.3, 0.4) is 0 Å². The summed E-state index contributed by atoms with van der Waals surface area (Å²) >= 11 is 0. The van der Waals surface area contributed by atoms with Gasteiger partial charge in [-0.05, 0) is 6.07 Å². The van der Waals surface area contributed by atoms with Gasteiger partial charge in [-0.25, -0.2) is 23.1 Å². The Morgan fingerprint density at radius 1 is 1.32 bits per heavy atom. The first-order valence-corrected chi connectivity index (χ1v) is 6.97. The Morgan fingerprint density at radius 3 is 2.53 bits per heavy atom. The fourth-order valence-corrected chi connectivity index (χ4v) is 2.28. The van der Waals surface area contributed by atoms with Crippen molar-refractivity contribution >= 4 is 16.0 Å². The molecule has 2 aromatic heterocycles. The topological polar surface area (TPSA) is 102 Å². The average Bonchev–Trinajstić information content (AvgIpc) is 2.82. The molecule has 0 atom stereocenters. The van der Waals surface area contributed by atoms with Crippen LogP contribution in [0.15, 0.2) is 29.6 Å². The standard InChI is InChI=1S/C10H14N6O2S/c1-11-10-12-6-9(7-13-10)19(17,18)14-5-8-3-4-16(2)15-8/h3-4,6-7,14H,5H2,1-2H3,(H,11,12,13). The van der Waals surface area contributed by atoms with Crippen molar-refractivity contribution in [3.05, 3.63) is 30.4 Å². The normalized spacial score (nSPS) is 11.5. The van der Waals surface area contributed by atoms with E-state index in [2.05, 4.69) is 25.1 Å². The lowest BCUT2D eigenvalue weighted by molar-refractivity contribution is 0.578. The number of rotatable bonds is 5. The molecule has 19 heavy (non-hydrogen) atoms. The third-order valence-corrected chi connectivity index (χ3v) is 3.73. The minimum Gasteiger partial charge on any atom is -0.357 e. The van der Waals surface area contributed by atoms with Crippen molar-refractivity contribution in [3.63, 3.8) is 0 Å². The molecule has 0 aromatic carbocycles. The van der Waals surface area contributed by atoms with E-state index in [1.165, 1.54) is 12.4 Å². The van der Waals surface area contributed by atoms with Gasteiger partial charge >= 0.3 is 0 Å². The molecule has 0 radical (unpaired) electrons. The van der Waals surface area contributed by atoms with Crippen LogP contribution >= 0.6 is 0 Å². The molecule has 0 saturated heterocycles. The third kappa shape index (κ3) is 3.26. The Bertz CT molecular complexity index is 649. The van der Waals surface area contributed by atoms with E-state index < -0.39 is 10.0 Å². The Balaban J connectivity index is 2.09. The fourth-order valence-electron chi connectivity index (χ4n) is 1.39. The lowest BCUT2D eigenvalue weighted by atomic mass is 10.4. The van der Waals surface area contributed by atoms with Gasteiger partial charge in [0, 0.05) is 20.3 Å². The third-order valence-electron chi connectivity index (χ3n) is 2.37. The van der Waals surface area contributed by atoms with Gasteiger partial charge in [-0.2, -0.15) is 5.10 Å². The van der Waals surface area contributed by atoms with E-state index in [1.54, 1.807) is 31.0 Å². The van der Waals surface area contributed by atoms with Crippen LogP contribution in [0.5, 0.6) is 0 Å². The summed E-state index contributed by atoms with van der Waals surface area (Å²) in [6, 6.07) is 1.74. The van der Waals surface area contributed by atoms with E-state index in [0.717, 1.165) is 0 Å². The predicted molar refractivity (Wildman–Crippen MR) is 68.8 cm³/mol. The molecule has 0 aliphatic carbocycles. The number of hydrogen-bond acceptors (Lipinski definition) is 6. The van der Waals surface area contributed by atoms with E-state index in [4.69, 9.17) is 0 Å². The molecule has 0 fully saturated rings. The monoisotopic (exact) mass is 282 g/mol. The Kier molecular flexibility index (Phi) is 3.76. The van der Waals surface area contributed by atoms with E-state index in [0.29, 0.717) is 11.6 Å². The molecule has 8 nitrogen and oxygen atoms in total. The molecule has 2 heterocycles. The molecular weight excluding hydrogens is 268 g/mol. The SMILES string of the molecule is CNc1ncc(S(=O)(=O)NCc2ccn(C)n2)cn1. The number of nitrogens with one attached hydrogen (secondary N) is 2. The highest BCUT2D eigenvalue weighted by Gasteiger charge is 2.15. The van der Waals surface area contributed by atoms with Crippen LogP contribution in [0.25, 0.3) is 0 Å². The summed E-state index contributed by atoms with van der Waals surface area (Å²) in [5.74, 6) is 0.365. The highest BCUT2D eigenvalue weighted by atomic mass is 32.2. The highest BCUT2D eigenvalue weighted by molar-refractivity contribution is 7.89. The van der Waals surface area contributed by atoms with Crippen LogP contribution in [0.4, 0.5) is 5.95 Å². The lowest BCUT2D eigenvalue weighted by Crippen LogP contribution is -2.24. The van der Waals surface area contributed by atoms with E-state index in [1.807, 2.05) is 0 Å². The van der Waals surface area contributed by atoms with Crippen molar-refractivity contribution in [3.8, 4) is 0 Å². The number of aryl methyl sites for hydroxylation is 1. The van der Waals surface area contributed by atoms with Crippen LogP contribution in [-0.2, 0) is 23.6 Å². The number of anilines is 1. The van der Waals surface area contributed by atoms with Gasteiger partial charge in [-0.1, -0.05) is 0 Å². The maximum absolute atomic E-state index is 12.0. The van der Waals surface area contributed by atoms with Crippen molar-refractivity contribution in [2.75, 3.05) is 12.4 Å². The zero-order valence-corrected chi connectivity index (χ0v) is 11.3. The summed E-state index contributed by atoms with van der Waals surface area (Å²) in [6.45, 7) is 0.122. The second-order valence-corrected chi connectivity index (χ2v) is 5.56. The molecule has 0 saturated carbocycles. The van der Waals surface area contributed by atoms with Gasteiger partial charge in [-0.15, -0.1) is 0 Å².